The lowest BCUT2D eigenvalue weighted by molar-refractivity contribution is 0.669. The molecule has 0 N–H and O–H groups in total. The SMILES string of the molecule is [C-]#[N+]c1ccc2cc(-c3cc4c5ccccc5c(-c5cccc(-c6nc(-c7ccccc7)nc(-c7ccc8c(c7)oc7ccccc78)n6)c5)cc4c4ccccc34)ccc2c1. The lowest BCUT2D eigenvalue weighted by atomic mass is 9.87. The van der Waals surface area contributed by atoms with E-state index >= 15 is 0 Å². The van der Waals surface area contributed by atoms with Gasteiger partial charge >= 0.3 is 0 Å². The van der Waals surface area contributed by atoms with Crippen molar-refractivity contribution in [1.82, 2.24) is 15.0 Å². The summed E-state index contributed by atoms with van der Waals surface area (Å²) in [4.78, 5) is 18.9. The molecule has 0 amide bonds. The van der Waals surface area contributed by atoms with Crippen molar-refractivity contribution in [1.29, 1.82) is 0 Å². The zero-order valence-electron chi connectivity index (χ0n) is 32.7. The first-order valence-electron chi connectivity index (χ1n) is 20.3. The minimum Gasteiger partial charge on any atom is -0.456 e. The number of fused-ring (bicyclic) bond motifs is 9. The second-order valence-corrected chi connectivity index (χ2v) is 15.5. The van der Waals surface area contributed by atoms with E-state index in [0.29, 0.717) is 23.2 Å². The van der Waals surface area contributed by atoms with Gasteiger partial charge in [-0.2, -0.15) is 0 Å². The Hall–Kier alpha value is -8.46. The molecule has 0 aliphatic heterocycles. The predicted molar refractivity (Wildman–Crippen MR) is 251 cm³/mol. The number of furan rings is 1. The van der Waals surface area contributed by atoms with Gasteiger partial charge in [-0.15, -0.1) is 0 Å². The molecular formula is C56H32N4O. The molecule has 0 spiro atoms. The molecule has 0 atom stereocenters. The Balaban J connectivity index is 1.02. The van der Waals surface area contributed by atoms with Crippen LogP contribution in [-0.4, -0.2) is 15.0 Å². The molecule has 12 rings (SSSR count). The van der Waals surface area contributed by atoms with Gasteiger partial charge < -0.3 is 4.42 Å². The van der Waals surface area contributed by atoms with Crippen LogP contribution in [0, 0.1) is 6.57 Å². The first kappa shape index (κ1) is 34.6. The summed E-state index contributed by atoms with van der Waals surface area (Å²) in [7, 11) is 0. The van der Waals surface area contributed by atoms with Gasteiger partial charge in [0.25, 0.3) is 0 Å². The van der Waals surface area contributed by atoms with E-state index in [2.05, 4.69) is 126 Å². The van der Waals surface area contributed by atoms with E-state index < -0.39 is 0 Å². The van der Waals surface area contributed by atoms with E-state index in [1.807, 2.05) is 72.8 Å². The van der Waals surface area contributed by atoms with Crippen LogP contribution in [0.2, 0.25) is 0 Å². The predicted octanol–water partition coefficient (Wildman–Crippen LogP) is 15.3. The Morgan fingerprint density at radius 3 is 1.54 bits per heavy atom. The second-order valence-electron chi connectivity index (χ2n) is 15.5. The summed E-state index contributed by atoms with van der Waals surface area (Å²) in [5.74, 6) is 1.78. The highest BCUT2D eigenvalue weighted by molar-refractivity contribution is 6.24. The molecule has 0 aliphatic carbocycles. The average molecular weight is 777 g/mol. The quantitative estimate of drug-likeness (QED) is 0.129. The molecule has 2 heterocycles. The standard InChI is InChI=1S/C56H32N4O/c1-57-41-26-24-35-28-38(23-22-36(35)30-41)49-33-51-44-18-7-5-16-42(44)48(32-50(51)45-19-8-6-17-43(45)49)37-14-11-15-39(29-37)55-58-54(34-12-3-2-4-13-34)59-56(60-55)40-25-27-47-46-20-9-10-21-52(46)61-53(47)31-40/h2-33H. The molecule has 0 bridgehead atoms. The van der Waals surface area contributed by atoms with Crippen LogP contribution in [0.15, 0.2) is 199 Å². The van der Waals surface area contributed by atoms with E-state index in [9.17, 15) is 0 Å². The number of hydrogen-bond donors (Lipinski definition) is 0. The first-order chi connectivity index (χ1) is 30.1. The highest BCUT2D eigenvalue weighted by Gasteiger charge is 2.18. The maximum Gasteiger partial charge on any atom is 0.187 e. The fraction of sp³-hybridized carbons (Fsp3) is 0. The Morgan fingerprint density at radius 1 is 0.328 bits per heavy atom. The van der Waals surface area contributed by atoms with Crippen LogP contribution >= 0.6 is 0 Å². The van der Waals surface area contributed by atoms with Crippen molar-refractivity contribution < 1.29 is 4.42 Å². The Bertz CT molecular complexity index is 3790. The average Bonchev–Trinajstić information content (AvgIpc) is 3.71. The van der Waals surface area contributed by atoms with E-state index in [0.717, 1.165) is 66.1 Å². The highest BCUT2D eigenvalue weighted by Crippen LogP contribution is 2.43. The van der Waals surface area contributed by atoms with Gasteiger partial charge in [0.15, 0.2) is 23.2 Å². The minimum absolute atomic E-state index is 0.578. The smallest absolute Gasteiger partial charge is 0.187 e. The van der Waals surface area contributed by atoms with Gasteiger partial charge in [-0.3, -0.25) is 0 Å². The molecule has 0 unspecified atom stereocenters. The molecule has 61 heavy (non-hydrogen) atoms. The van der Waals surface area contributed by atoms with Crippen molar-refractivity contribution in [2.45, 2.75) is 0 Å². The van der Waals surface area contributed by atoms with Crippen LogP contribution in [0.3, 0.4) is 0 Å². The number of rotatable bonds is 5. The number of hydrogen-bond acceptors (Lipinski definition) is 4. The lowest BCUT2D eigenvalue weighted by Gasteiger charge is -2.17. The molecule has 12 aromatic rings. The molecule has 10 aromatic carbocycles. The molecule has 2 aromatic heterocycles. The lowest BCUT2D eigenvalue weighted by Crippen LogP contribution is -2.00. The van der Waals surface area contributed by atoms with E-state index in [1.165, 1.54) is 37.9 Å². The van der Waals surface area contributed by atoms with Crippen molar-refractivity contribution in [3.05, 3.63) is 206 Å². The maximum absolute atomic E-state index is 7.47. The van der Waals surface area contributed by atoms with E-state index in [1.54, 1.807) is 0 Å². The van der Waals surface area contributed by atoms with Crippen LogP contribution in [0.1, 0.15) is 0 Å². The molecule has 5 heteroatoms. The third-order valence-corrected chi connectivity index (χ3v) is 11.9. The van der Waals surface area contributed by atoms with Crippen molar-refractivity contribution in [3.63, 3.8) is 0 Å². The van der Waals surface area contributed by atoms with E-state index in [-0.39, 0.29) is 0 Å². The number of benzene rings is 10. The number of nitrogens with zero attached hydrogens (tertiary/aromatic N) is 4. The molecule has 5 nitrogen and oxygen atoms in total. The summed E-state index contributed by atoms with van der Waals surface area (Å²) in [5.41, 5.74) is 9.49. The van der Waals surface area contributed by atoms with Crippen molar-refractivity contribution in [2.75, 3.05) is 0 Å². The van der Waals surface area contributed by atoms with Crippen LogP contribution < -0.4 is 0 Å². The van der Waals surface area contributed by atoms with E-state index in [4.69, 9.17) is 25.9 Å². The van der Waals surface area contributed by atoms with Gasteiger partial charge in [0, 0.05) is 27.5 Å². The monoisotopic (exact) mass is 776 g/mol. The van der Waals surface area contributed by atoms with Crippen LogP contribution in [0.25, 0.3) is 126 Å². The van der Waals surface area contributed by atoms with Gasteiger partial charge in [-0.05, 0) is 114 Å². The summed E-state index contributed by atoms with van der Waals surface area (Å²) < 4.78 is 6.27. The van der Waals surface area contributed by atoms with Crippen molar-refractivity contribution in [3.8, 4) is 56.4 Å². The fourth-order valence-electron chi connectivity index (χ4n) is 8.94. The van der Waals surface area contributed by atoms with Gasteiger partial charge in [-0.25, -0.2) is 19.8 Å². The third kappa shape index (κ3) is 5.81. The molecule has 282 valence electrons. The van der Waals surface area contributed by atoms with Crippen molar-refractivity contribution >= 4 is 70.7 Å². The number of para-hydroxylation sites is 1. The van der Waals surface area contributed by atoms with Gasteiger partial charge in [-0.1, -0.05) is 146 Å². The third-order valence-electron chi connectivity index (χ3n) is 11.9. The zero-order chi connectivity index (χ0) is 40.4. The summed E-state index contributed by atoms with van der Waals surface area (Å²) in [6, 6.07) is 67.5. The second kappa shape index (κ2) is 13.8. The molecule has 0 aliphatic rings. The fourth-order valence-corrected chi connectivity index (χ4v) is 8.94. The topological polar surface area (TPSA) is 56.2 Å². The Labute approximate surface area is 350 Å². The normalized spacial score (nSPS) is 11.6. The first-order valence-corrected chi connectivity index (χ1v) is 20.3. The molecule has 0 saturated heterocycles. The van der Waals surface area contributed by atoms with Crippen molar-refractivity contribution in [2.24, 2.45) is 0 Å². The van der Waals surface area contributed by atoms with Crippen LogP contribution in [0.4, 0.5) is 5.69 Å². The summed E-state index contributed by atoms with van der Waals surface area (Å²) >= 11 is 0. The zero-order valence-corrected chi connectivity index (χ0v) is 32.7. The maximum atomic E-state index is 7.47. The molecule has 0 saturated carbocycles. The highest BCUT2D eigenvalue weighted by atomic mass is 16.3. The van der Waals surface area contributed by atoms with Gasteiger partial charge in [0.2, 0.25) is 0 Å². The summed E-state index contributed by atoms with van der Waals surface area (Å²) in [5, 5.41) is 11.4. The summed E-state index contributed by atoms with van der Waals surface area (Å²) in [6.45, 7) is 7.47. The Morgan fingerprint density at radius 2 is 0.836 bits per heavy atom. The van der Waals surface area contributed by atoms with Crippen LogP contribution in [-0.2, 0) is 0 Å². The largest absolute Gasteiger partial charge is 0.456 e. The molecule has 0 fully saturated rings. The molecular weight excluding hydrogens is 745 g/mol. The summed E-state index contributed by atoms with van der Waals surface area (Å²) in [6.07, 6.45) is 0. The number of aromatic nitrogens is 3. The van der Waals surface area contributed by atoms with Gasteiger partial charge in [0.05, 0.1) is 6.57 Å². The van der Waals surface area contributed by atoms with Crippen LogP contribution in [0.5, 0.6) is 0 Å². The molecule has 0 radical (unpaired) electrons. The van der Waals surface area contributed by atoms with Gasteiger partial charge in [0.1, 0.15) is 11.2 Å². The Kier molecular flexibility index (Phi) is 7.84. The minimum atomic E-state index is 0.578.